The highest BCUT2D eigenvalue weighted by molar-refractivity contribution is 5.89. The van der Waals surface area contributed by atoms with Crippen LogP contribution in [-0.4, -0.2) is 55.9 Å². The molecular formula is C19H22N4O3. The van der Waals surface area contributed by atoms with Crippen LogP contribution in [0.4, 0.5) is 11.6 Å². The van der Waals surface area contributed by atoms with Gasteiger partial charge < -0.3 is 19.3 Å². The zero-order chi connectivity index (χ0) is 18.1. The first kappa shape index (κ1) is 16.8. The topological polar surface area (TPSA) is 67.8 Å². The van der Waals surface area contributed by atoms with Gasteiger partial charge in [0.1, 0.15) is 0 Å². The molecule has 2 aliphatic heterocycles. The molecule has 136 valence electrons. The van der Waals surface area contributed by atoms with E-state index < -0.39 is 0 Å². The molecule has 1 aromatic heterocycles. The number of methoxy groups -OCH3 is 2. The lowest BCUT2D eigenvalue weighted by Gasteiger charge is -2.38. The van der Waals surface area contributed by atoms with Gasteiger partial charge in [0, 0.05) is 33.3 Å². The summed E-state index contributed by atoms with van der Waals surface area (Å²) in [4.78, 5) is 25.1. The Morgan fingerprint density at radius 3 is 2.58 bits per heavy atom. The lowest BCUT2D eigenvalue weighted by atomic mass is 9.97. The molecule has 4 rings (SSSR count). The van der Waals surface area contributed by atoms with Gasteiger partial charge >= 0.3 is 5.97 Å². The van der Waals surface area contributed by atoms with Gasteiger partial charge in [-0.15, -0.1) is 0 Å². The average Bonchev–Trinajstić information content (AvgIpc) is 2.66. The maximum Gasteiger partial charge on any atom is 0.337 e. The molecule has 2 aliphatic rings. The summed E-state index contributed by atoms with van der Waals surface area (Å²) in [6, 6.07) is 5.78. The van der Waals surface area contributed by atoms with E-state index in [1.165, 1.54) is 12.7 Å². The van der Waals surface area contributed by atoms with Crippen LogP contribution >= 0.6 is 0 Å². The molecule has 26 heavy (non-hydrogen) atoms. The quantitative estimate of drug-likeness (QED) is 0.774. The second-order valence-corrected chi connectivity index (χ2v) is 6.65. The summed E-state index contributed by atoms with van der Waals surface area (Å²) in [7, 11) is 3.13. The SMILES string of the molecule is COC(=O)c1ccc2c(c1)CN(c1cnc(N3CC(OC)C3)nc1)CC2. The van der Waals surface area contributed by atoms with Crippen molar-refractivity contribution in [1.82, 2.24) is 9.97 Å². The molecule has 1 saturated heterocycles. The molecule has 0 aliphatic carbocycles. The van der Waals surface area contributed by atoms with Crippen LogP contribution in [0.1, 0.15) is 21.5 Å². The van der Waals surface area contributed by atoms with Crippen LogP contribution in [-0.2, 0) is 22.4 Å². The van der Waals surface area contributed by atoms with Gasteiger partial charge in [0.15, 0.2) is 0 Å². The maximum atomic E-state index is 11.8. The Hall–Kier alpha value is -2.67. The zero-order valence-electron chi connectivity index (χ0n) is 15.0. The Bertz CT molecular complexity index is 803. The molecular weight excluding hydrogens is 332 g/mol. The summed E-state index contributed by atoms with van der Waals surface area (Å²) in [5.74, 6) is 0.439. The van der Waals surface area contributed by atoms with Gasteiger partial charge in [0.05, 0.1) is 36.9 Å². The molecule has 1 aromatic carbocycles. The third kappa shape index (κ3) is 3.10. The number of carbonyl (C=O) groups is 1. The number of esters is 1. The van der Waals surface area contributed by atoms with Gasteiger partial charge in [-0.1, -0.05) is 6.07 Å². The number of hydrogen-bond donors (Lipinski definition) is 0. The van der Waals surface area contributed by atoms with Crippen molar-refractivity contribution in [2.24, 2.45) is 0 Å². The fraction of sp³-hybridized carbons (Fsp3) is 0.421. The van der Waals surface area contributed by atoms with Gasteiger partial charge in [0.2, 0.25) is 5.95 Å². The lowest BCUT2D eigenvalue weighted by Crippen LogP contribution is -2.52. The molecule has 7 heteroatoms. The molecule has 0 N–H and O–H groups in total. The first-order valence-electron chi connectivity index (χ1n) is 8.73. The summed E-state index contributed by atoms with van der Waals surface area (Å²) in [5, 5.41) is 0. The highest BCUT2D eigenvalue weighted by atomic mass is 16.5. The third-order valence-corrected chi connectivity index (χ3v) is 5.09. The van der Waals surface area contributed by atoms with Crippen molar-refractivity contribution in [2.75, 3.05) is 43.7 Å². The van der Waals surface area contributed by atoms with Crippen LogP contribution in [0, 0.1) is 0 Å². The van der Waals surface area contributed by atoms with Crippen LogP contribution in [0.5, 0.6) is 0 Å². The van der Waals surface area contributed by atoms with Crippen LogP contribution < -0.4 is 9.80 Å². The van der Waals surface area contributed by atoms with E-state index in [2.05, 4.69) is 19.8 Å². The van der Waals surface area contributed by atoms with Gasteiger partial charge in [-0.25, -0.2) is 14.8 Å². The Morgan fingerprint density at radius 1 is 1.12 bits per heavy atom. The Morgan fingerprint density at radius 2 is 1.88 bits per heavy atom. The normalized spacial score (nSPS) is 16.8. The van der Waals surface area contributed by atoms with Crippen molar-refractivity contribution < 1.29 is 14.3 Å². The lowest BCUT2D eigenvalue weighted by molar-refractivity contribution is 0.0600. The van der Waals surface area contributed by atoms with Crippen molar-refractivity contribution in [3.8, 4) is 0 Å². The van der Waals surface area contributed by atoms with Gasteiger partial charge in [-0.05, 0) is 29.7 Å². The zero-order valence-corrected chi connectivity index (χ0v) is 15.0. The number of fused-ring (bicyclic) bond motifs is 1. The molecule has 0 bridgehead atoms. The molecule has 0 saturated carbocycles. The number of rotatable bonds is 4. The van der Waals surface area contributed by atoms with Crippen LogP contribution in [0.25, 0.3) is 0 Å². The van der Waals surface area contributed by atoms with E-state index in [-0.39, 0.29) is 12.1 Å². The minimum absolute atomic E-state index is 0.279. The van der Waals surface area contributed by atoms with E-state index in [4.69, 9.17) is 9.47 Å². The van der Waals surface area contributed by atoms with Crippen molar-refractivity contribution in [1.29, 1.82) is 0 Å². The fourth-order valence-electron chi connectivity index (χ4n) is 3.41. The summed E-state index contributed by atoms with van der Waals surface area (Å²) in [5.41, 5.74) is 4.00. The monoisotopic (exact) mass is 354 g/mol. The number of benzene rings is 1. The first-order valence-corrected chi connectivity index (χ1v) is 8.73. The first-order chi connectivity index (χ1) is 12.7. The average molecular weight is 354 g/mol. The maximum absolute atomic E-state index is 11.8. The van der Waals surface area contributed by atoms with Crippen LogP contribution in [0.2, 0.25) is 0 Å². The predicted octanol–water partition coefficient (Wildman–Crippen LogP) is 1.66. The molecule has 0 unspecified atom stereocenters. The second-order valence-electron chi connectivity index (χ2n) is 6.65. The van der Waals surface area contributed by atoms with E-state index in [0.29, 0.717) is 5.56 Å². The Labute approximate surface area is 152 Å². The molecule has 0 radical (unpaired) electrons. The van der Waals surface area contributed by atoms with Crippen molar-refractivity contribution in [2.45, 2.75) is 19.1 Å². The number of anilines is 2. The third-order valence-electron chi connectivity index (χ3n) is 5.09. The Balaban J connectivity index is 1.47. The number of aromatic nitrogens is 2. The summed E-state index contributed by atoms with van der Waals surface area (Å²) < 4.78 is 10.1. The second kappa shape index (κ2) is 6.92. The molecule has 0 spiro atoms. The molecule has 2 aromatic rings. The van der Waals surface area contributed by atoms with Crippen molar-refractivity contribution in [3.63, 3.8) is 0 Å². The molecule has 7 nitrogen and oxygen atoms in total. The van der Waals surface area contributed by atoms with E-state index >= 15 is 0 Å². The predicted molar refractivity (Wildman–Crippen MR) is 97.6 cm³/mol. The number of hydrogen-bond acceptors (Lipinski definition) is 7. The van der Waals surface area contributed by atoms with E-state index in [1.807, 2.05) is 30.6 Å². The smallest absolute Gasteiger partial charge is 0.337 e. The minimum atomic E-state index is -0.304. The van der Waals surface area contributed by atoms with Gasteiger partial charge in [-0.3, -0.25) is 0 Å². The summed E-state index contributed by atoms with van der Waals surface area (Å²) in [6.45, 7) is 3.31. The van der Waals surface area contributed by atoms with Crippen molar-refractivity contribution in [3.05, 3.63) is 47.3 Å². The van der Waals surface area contributed by atoms with Gasteiger partial charge in [0.25, 0.3) is 0 Å². The highest BCUT2D eigenvalue weighted by Crippen LogP contribution is 2.26. The van der Waals surface area contributed by atoms with E-state index in [1.54, 1.807) is 7.11 Å². The van der Waals surface area contributed by atoms with E-state index in [0.717, 1.165) is 49.8 Å². The summed E-state index contributed by atoms with van der Waals surface area (Å²) >= 11 is 0. The van der Waals surface area contributed by atoms with Crippen molar-refractivity contribution >= 4 is 17.6 Å². The number of carbonyl (C=O) groups excluding carboxylic acids is 1. The Kier molecular flexibility index (Phi) is 4.46. The largest absolute Gasteiger partial charge is 0.465 e. The fourth-order valence-corrected chi connectivity index (χ4v) is 3.41. The standard InChI is InChI=1S/C19H22N4O3/c1-25-17-11-23(12-17)19-20-8-16(9-21-19)22-6-5-13-3-4-14(18(24)26-2)7-15(13)10-22/h3-4,7-9,17H,5-6,10-12H2,1-2H3. The van der Waals surface area contributed by atoms with Crippen LogP contribution in [0.3, 0.4) is 0 Å². The highest BCUT2D eigenvalue weighted by Gasteiger charge is 2.28. The molecule has 0 atom stereocenters. The van der Waals surface area contributed by atoms with E-state index in [9.17, 15) is 4.79 Å². The molecule has 3 heterocycles. The van der Waals surface area contributed by atoms with Crippen LogP contribution in [0.15, 0.2) is 30.6 Å². The number of ether oxygens (including phenoxy) is 2. The molecule has 1 fully saturated rings. The molecule has 0 amide bonds. The van der Waals surface area contributed by atoms with Gasteiger partial charge in [-0.2, -0.15) is 0 Å². The number of nitrogens with zero attached hydrogens (tertiary/aromatic N) is 4. The summed E-state index contributed by atoms with van der Waals surface area (Å²) in [6.07, 6.45) is 4.95. The minimum Gasteiger partial charge on any atom is -0.465 e.